The Labute approximate surface area is 153 Å². The van der Waals surface area contributed by atoms with Crippen LogP contribution < -0.4 is 4.72 Å². The van der Waals surface area contributed by atoms with Crippen molar-refractivity contribution in [1.82, 2.24) is 9.62 Å². The van der Waals surface area contributed by atoms with E-state index in [0.29, 0.717) is 19.8 Å². The molecule has 1 atom stereocenters. The van der Waals surface area contributed by atoms with Gasteiger partial charge in [-0.25, -0.2) is 17.5 Å². The second-order valence-electron chi connectivity index (χ2n) is 6.45. The number of benzene rings is 2. The number of morpholine rings is 1. The maximum Gasteiger partial charge on any atom is 0.241 e. The second-order valence-corrected chi connectivity index (χ2v) is 8.17. The molecular weight excluding hydrogens is 355 g/mol. The molecule has 0 spiro atoms. The first-order chi connectivity index (χ1) is 12.4. The second kappa shape index (κ2) is 8.26. The van der Waals surface area contributed by atoms with Crippen molar-refractivity contribution < 1.29 is 17.5 Å². The summed E-state index contributed by atoms with van der Waals surface area (Å²) in [7, 11) is -3.84. The number of nitrogens with zero attached hydrogens (tertiary/aromatic N) is 1. The number of hydrogen-bond donors (Lipinski definition) is 1. The Hall–Kier alpha value is -1.80. The Balaban J connectivity index is 1.85. The maximum atomic E-state index is 13.5. The number of hydrogen-bond acceptors (Lipinski definition) is 4. The molecule has 1 fully saturated rings. The Morgan fingerprint density at radius 2 is 1.85 bits per heavy atom. The van der Waals surface area contributed by atoms with Gasteiger partial charge in [0, 0.05) is 19.6 Å². The van der Waals surface area contributed by atoms with E-state index >= 15 is 0 Å². The Bertz CT molecular complexity index is 834. The third-order valence-corrected chi connectivity index (χ3v) is 5.90. The topological polar surface area (TPSA) is 58.6 Å². The standard InChI is InChI=1S/C19H23FN2O3S/c1-15-5-7-16(8-6-15)19(14-22-9-11-25-12-10-22)21-26(23,24)18-4-2-3-17(20)13-18/h2-8,13,19,21H,9-12,14H2,1H3/t19-/m1/s1. The summed E-state index contributed by atoms with van der Waals surface area (Å²) < 4.78 is 47.1. The first-order valence-electron chi connectivity index (χ1n) is 8.58. The summed E-state index contributed by atoms with van der Waals surface area (Å²) in [6.45, 7) is 5.29. The highest BCUT2D eigenvalue weighted by Gasteiger charge is 2.24. The highest BCUT2D eigenvalue weighted by molar-refractivity contribution is 7.89. The van der Waals surface area contributed by atoms with Gasteiger partial charge >= 0.3 is 0 Å². The van der Waals surface area contributed by atoms with E-state index in [-0.39, 0.29) is 4.90 Å². The summed E-state index contributed by atoms with van der Waals surface area (Å²) in [5, 5.41) is 0. The number of nitrogens with one attached hydrogen (secondary N) is 1. The van der Waals surface area contributed by atoms with Crippen molar-refractivity contribution in [2.45, 2.75) is 17.9 Å². The van der Waals surface area contributed by atoms with E-state index in [0.717, 1.165) is 30.3 Å². The summed E-state index contributed by atoms with van der Waals surface area (Å²) in [6.07, 6.45) is 0. The van der Waals surface area contributed by atoms with Gasteiger partial charge in [-0.1, -0.05) is 35.9 Å². The average Bonchev–Trinajstić information content (AvgIpc) is 2.62. The van der Waals surface area contributed by atoms with E-state index in [2.05, 4.69) is 9.62 Å². The molecule has 2 aromatic carbocycles. The third kappa shape index (κ3) is 4.88. The van der Waals surface area contributed by atoms with Crippen LogP contribution in [0.2, 0.25) is 0 Å². The van der Waals surface area contributed by atoms with Gasteiger partial charge in [-0.15, -0.1) is 0 Å². The van der Waals surface area contributed by atoms with Crippen LogP contribution in [0.15, 0.2) is 53.4 Å². The van der Waals surface area contributed by atoms with Crippen LogP contribution >= 0.6 is 0 Å². The normalized spacial score (nSPS) is 17.2. The smallest absolute Gasteiger partial charge is 0.241 e. The van der Waals surface area contributed by atoms with E-state index in [1.807, 2.05) is 31.2 Å². The average molecular weight is 378 g/mol. The highest BCUT2D eigenvalue weighted by Crippen LogP contribution is 2.20. The van der Waals surface area contributed by atoms with Gasteiger partial charge in [0.05, 0.1) is 24.2 Å². The molecule has 0 aromatic heterocycles. The number of halogens is 1. The van der Waals surface area contributed by atoms with E-state index in [1.165, 1.54) is 18.2 Å². The van der Waals surface area contributed by atoms with Gasteiger partial charge in [0.25, 0.3) is 0 Å². The molecule has 0 amide bonds. The van der Waals surface area contributed by atoms with Crippen LogP contribution in [0.5, 0.6) is 0 Å². The lowest BCUT2D eigenvalue weighted by molar-refractivity contribution is 0.0345. The highest BCUT2D eigenvalue weighted by atomic mass is 32.2. The summed E-state index contributed by atoms with van der Waals surface area (Å²) in [6, 6.07) is 12.4. The van der Waals surface area contributed by atoms with Gasteiger partial charge in [0.15, 0.2) is 0 Å². The molecule has 3 rings (SSSR count). The van der Waals surface area contributed by atoms with Crippen LogP contribution in [0.4, 0.5) is 4.39 Å². The number of sulfonamides is 1. The minimum Gasteiger partial charge on any atom is -0.379 e. The van der Waals surface area contributed by atoms with Crippen molar-refractivity contribution in [2.24, 2.45) is 0 Å². The first kappa shape index (κ1) is 19.0. The van der Waals surface area contributed by atoms with Crippen molar-refractivity contribution in [3.63, 3.8) is 0 Å². The van der Waals surface area contributed by atoms with E-state index in [1.54, 1.807) is 0 Å². The number of aryl methyl sites for hydroxylation is 1. The largest absolute Gasteiger partial charge is 0.379 e. The van der Waals surface area contributed by atoms with Crippen LogP contribution in [0, 0.1) is 12.7 Å². The van der Waals surface area contributed by atoms with Crippen molar-refractivity contribution in [3.8, 4) is 0 Å². The van der Waals surface area contributed by atoms with Gasteiger partial charge in [0.2, 0.25) is 10.0 Å². The minimum atomic E-state index is -3.84. The predicted octanol–water partition coefficient (Wildman–Crippen LogP) is 2.49. The lowest BCUT2D eigenvalue weighted by Gasteiger charge is -2.31. The molecule has 0 bridgehead atoms. The van der Waals surface area contributed by atoms with Gasteiger partial charge in [0.1, 0.15) is 5.82 Å². The first-order valence-corrected chi connectivity index (χ1v) is 10.1. The summed E-state index contributed by atoms with van der Waals surface area (Å²) in [5.74, 6) is -0.576. The Morgan fingerprint density at radius 3 is 2.50 bits per heavy atom. The molecule has 0 saturated carbocycles. The van der Waals surface area contributed by atoms with E-state index in [4.69, 9.17) is 4.74 Å². The molecule has 1 N–H and O–H groups in total. The van der Waals surface area contributed by atoms with Crippen molar-refractivity contribution in [3.05, 3.63) is 65.5 Å². The zero-order chi connectivity index (χ0) is 18.6. The molecule has 5 nitrogen and oxygen atoms in total. The van der Waals surface area contributed by atoms with Crippen molar-refractivity contribution in [2.75, 3.05) is 32.8 Å². The van der Waals surface area contributed by atoms with E-state index < -0.39 is 21.9 Å². The maximum absolute atomic E-state index is 13.5. The SMILES string of the molecule is Cc1ccc([C@@H](CN2CCOCC2)NS(=O)(=O)c2cccc(F)c2)cc1. The number of rotatable bonds is 6. The molecule has 0 radical (unpaired) electrons. The fourth-order valence-corrected chi connectivity index (χ4v) is 4.19. The van der Waals surface area contributed by atoms with Gasteiger partial charge in [-0.05, 0) is 30.7 Å². The monoisotopic (exact) mass is 378 g/mol. The third-order valence-electron chi connectivity index (χ3n) is 4.43. The molecule has 1 aliphatic rings. The van der Waals surface area contributed by atoms with Gasteiger partial charge in [-0.3, -0.25) is 4.90 Å². The van der Waals surface area contributed by atoms with Crippen LogP contribution in [0.1, 0.15) is 17.2 Å². The fraction of sp³-hybridized carbons (Fsp3) is 0.368. The molecule has 0 aliphatic carbocycles. The molecule has 1 aliphatic heterocycles. The van der Waals surface area contributed by atoms with Crippen LogP contribution in [-0.4, -0.2) is 46.2 Å². The zero-order valence-electron chi connectivity index (χ0n) is 14.7. The van der Waals surface area contributed by atoms with Crippen molar-refractivity contribution >= 4 is 10.0 Å². The molecule has 1 heterocycles. The summed E-state index contributed by atoms with van der Waals surface area (Å²) in [4.78, 5) is 2.10. The molecule has 140 valence electrons. The van der Waals surface area contributed by atoms with Gasteiger partial charge in [-0.2, -0.15) is 0 Å². The molecular formula is C19H23FN2O3S. The molecule has 7 heteroatoms. The van der Waals surface area contributed by atoms with Crippen LogP contribution in [0.3, 0.4) is 0 Å². The van der Waals surface area contributed by atoms with Crippen molar-refractivity contribution in [1.29, 1.82) is 0 Å². The summed E-state index contributed by atoms with van der Waals surface area (Å²) >= 11 is 0. The Morgan fingerprint density at radius 1 is 1.15 bits per heavy atom. The molecule has 2 aromatic rings. The number of ether oxygens (including phenoxy) is 1. The lowest BCUT2D eigenvalue weighted by Crippen LogP contribution is -2.43. The van der Waals surface area contributed by atoms with Gasteiger partial charge < -0.3 is 4.74 Å². The van der Waals surface area contributed by atoms with Crippen LogP contribution in [0.25, 0.3) is 0 Å². The minimum absolute atomic E-state index is 0.0726. The molecule has 0 unspecified atom stereocenters. The molecule has 26 heavy (non-hydrogen) atoms. The van der Waals surface area contributed by atoms with Crippen LogP contribution in [-0.2, 0) is 14.8 Å². The quantitative estimate of drug-likeness (QED) is 0.839. The predicted molar refractivity (Wildman–Crippen MR) is 97.9 cm³/mol. The molecule has 1 saturated heterocycles. The summed E-state index contributed by atoms with van der Waals surface area (Å²) in [5.41, 5.74) is 1.98. The Kier molecular flexibility index (Phi) is 6.03. The zero-order valence-corrected chi connectivity index (χ0v) is 15.5. The lowest BCUT2D eigenvalue weighted by atomic mass is 10.1. The van der Waals surface area contributed by atoms with E-state index in [9.17, 15) is 12.8 Å². The fourth-order valence-electron chi connectivity index (χ4n) is 2.94.